The first-order chi connectivity index (χ1) is 14.3. The highest BCUT2D eigenvalue weighted by Gasteiger charge is 2.16. The molecule has 0 aliphatic carbocycles. The number of carboxylic acid groups (broad SMARTS) is 1. The summed E-state index contributed by atoms with van der Waals surface area (Å²) in [5, 5.41) is 13.3. The van der Waals surface area contributed by atoms with Crippen LogP contribution in [0.1, 0.15) is 5.69 Å². The first-order valence-electron chi connectivity index (χ1n) is 9.20. The van der Waals surface area contributed by atoms with Crippen molar-refractivity contribution >= 4 is 34.3 Å². The van der Waals surface area contributed by atoms with Crippen molar-refractivity contribution in [2.45, 2.75) is 6.92 Å². The van der Waals surface area contributed by atoms with Crippen LogP contribution in [0.2, 0.25) is 0 Å². The van der Waals surface area contributed by atoms with Gasteiger partial charge >= 0.3 is 6.09 Å². The Kier molecular flexibility index (Phi) is 4.71. The smallest absolute Gasteiger partial charge is 0.417 e. The maximum Gasteiger partial charge on any atom is 0.417 e. The summed E-state index contributed by atoms with van der Waals surface area (Å²) in [5.41, 5.74) is 3.20. The summed E-state index contributed by atoms with van der Waals surface area (Å²) < 4.78 is 1.06. The molecule has 0 aliphatic heterocycles. The lowest BCUT2D eigenvalue weighted by molar-refractivity contribution is 0.197. The van der Waals surface area contributed by atoms with E-state index in [1.807, 2.05) is 33.2 Å². The zero-order chi connectivity index (χ0) is 21.4. The van der Waals surface area contributed by atoms with Crippen LogP contribution in [0.15, 0.2) is 53.6 Å². The number of nitrogens with zero attached hydrogens (tertiary/aromatic N) is 4. The summed E-state index contributed by atoms with van der Waals surface area (Å²) in [4.78, 5) is 37.5. The quantitative estimate of drug-likeness (QED) is 0.477. The van der Waals surface area contributed by atoms with E-state index >= 15 is 0 Å². The first kappa shape index (κ1) is 19.2. The number of rotatable bonds is 4. The van der Waals surface area contributed by atoms with Gasteiger partial charge in [-0.3, -0.25) is 9.78 Å². The van der Waals surface area contributed by atoms with E-state index in [0.717, 1.165) is 10.3 Å². The van der Waals surface area contributed by atoms with E-state index in [4.69, 9.17) is 0 Å². The Morgan fingerprint density at radius 2 is 2.00 bits per heavy atom. The van der Waals surface area contributed by atoms with Crippen molar-refractivity contribution < 1.29 is 9.90 Å². The van der Waals surface area contributed by atoms with Gasteiger partial charge in [0.25, 0.3) is 5.56 Å². The lowest BCUT2D eigenvalue weighted by Crippen LogP contribution is -2.20. The van der Waals surface area contributed by atoms with E-state index in [2.05, 4.69) is 20.3 Å². The third kappa shape index (κ3) is 3.37. The van der Waals surface area contributed by atoms with E-state index in [1.165, 1.54) is 12.4 Å². The molecule has 0 radical (unpaired) electrons. The van der Waals surface area contributed by atoms with Crippen molar-refractivity contribution in [3.05, 3.63) is 64.8 Å². The van der Waals surface area contributed by atoms with Crippen LogP contribution in [0.25, 0.3) is 22.3 Å². The van der Waals surface area contributed by atoms with Crippen molar-refractivity contribution in [3.8, 4) is 11.3 Å². The normalized spacial score (nSPS) is 10.9. The second-order valence-corrected chi connectivity index (χ2v) is 7.02. The highest BCUT2D eigenvalue weighted by molar-refractivity contribution is 5.96. The minimum absolute atomic E-state index is 0.251. The van der Waals surface area contributed by atoms with Crippen molar-refractivity contribution in [1.29, 1.82) is 0 Å². The molecule has 4 heterocycles. The van der Waals surface area contributed by atoms with Crippen LogP contribution in [0, 0.1) is 6.92 Å². The Labute approximate surface area is 171 Å². The van der Waals surface area contributed by atoms with Crippen molar-refractivity contribution in [1.82, 2.24) is 19.5 Å². The predicted molar refractivity (Wildman–Crippen MR) is 116 cm³/mol. The number of nitrogens with one attached hydrogen (secondary N) is 2. The molecule has 30 heavy (non-hydrogen) atoms. The molecule has 0 saturated heterocycles. The fourth-order valence-corrected chi connectivity index (χ4v) is 3.30. The molecular weight excluding hydrogens is 384 g/mol. The minimum Gasteiger partial charge on any atom is -0.464 e. The molecule has 0 fully saturated rings. The molecule has 4 rings (SSSR count). The van der Waals surface area contributed by atoms with Crippen LogP contribution >= 0.6 is 0 Å². The molecule has 0 unspecified atom stereocenters. The average molecular weight is 404 g/mol. The largest absolute Gasteiger partial charge is 0.464 e. The lowest BCUT2D eigenvalue weighted by atomic mass is 10.1. The molecule has 4 aromatic rings. The van der Waals surface area contributed by atoms with Crippen LogP contribution in [0.5, 0.6) is 0 Å². The summed E-state index contributed by atoms with van der Waals surface area (Å²) in [6.07, 6.45) is 1.88. The number of hydrogen-bond acceptors (Lipinski definition) is 6. The summed E-state index contributed by atoms with van der Waals surface area (Å²) >= 11 is 0. The zero-order valence-electron chi connectivity index (χ0n) is 16.7. The van der Waals surface area contributed by atoms with Crippen LogP contribution < -0.4 is 15.8 Å². The molecule has 0 amide bonds. The Morgan fingerprint density at radius 1 is 1.20 bits per heavy atom. The highest BCUT2D eigenvalue weighted by Crippen LogP contribution is 2.31. The van der Waals surface area contributed by atoms with Crippen molar-refractivity contribution in [2.24, 2.45) is 0 Å². The fraction of sp³-hybridized carbons (Fsp3) is 0.143. The average Bonchev–Trinajstić information content (AvgIpc) is 3.14. The summed E-state index contributed by atoms with van der Waals surface area (Å²) in [7, 11) is 3.65. The third-order valence-corrected chi connectivity index (χ3v) is 4.69. The molecule has 0 bridgehead atoms. The van der Waals surface area contributed by atoms with Gasteiger partial charge in [-0.2, -0.15) is 0 Å². The topological polar surface area (TPSA) is 116 Å². The van der Waals surface area contributed by atoms with Crippen LogP contribution in [-0.2, 0) is 0 Å². The number of aryl methyl sites for hydroxylation is 1. The molecule has 4 aromatic heterocycles. The lowest BCUT2D eigenvalue weighted by Gasteiger charge is -2.19. The zero-order valence-corrected chi connectivity index (χ0v) is 16.7. The predicted octanol–water partition coefficient (Wildman–Crippen LogP) is 3.43. The molecule has 0 atom stereocenters. The molecule has 152 valence electrons. The van der Waals surface area contributed by atoms with Gasteiger partial charge in [-0.05, 0) is 37.3 Å². The van der Waals surface area contributed by atoms with E-state index in [1.54, 1.807) is 29.2 Å². The fourth-order valence-electron chi connectivity index (χ4n) is 3.30. The Morgan fingerprint density at radius 3 is 2.70 bits per heavy atom. The van der Waals surface area contributed by atoms with Gasteiger partial charge in [-0.15, -0.1) is 0 Å². The Hall–Kier alpha value is -4.14. The summed E-state index contributed by atoms with van der Waals surface area (Å²) in [6, 6.07) is 10.7. The number of carbonyl (C=O) groups is 1. The number of pyridine rings is 3. The van der Waals surface area contributed by atoms with Gasteiger partial charge < -0.3 is 20.3 Å². The van der Waals surface area contributed by atoms with Crippen LogP contribution in [-0.4, -0.2) is 44.8 Å². The minimum atomic E-state index is -1.11. The van der Waals surface area contributed by atoms with E-state index in [-0.39, 0.29) is 5.56 Å². The van der Waals surface area contributed by atoms with Crippen LogP contribution in [0.4, 0.5) is 22.0 Å². The van der Waals surface area contributed by atoms with Gasteiger partial charge in [0.2, 0.25) is 0 Å². The van der Waals surface area contributed by atoms with Crippen molar-refractivity contribution in [2.75, 3.05) is 24.3 Å². The SMILES string of the molecule is Cc1cccc(-c2cc(Nc3ccnc4c3ccn4C(=O)O)c(N(C)C)[nH]c2=O)n1. The Bertz CT molecular complexity index is 1320. The Balaban J connectivity index is 1.86. The van der Waals surface area contributed by atoms with Gasteiger partial charge in [0.05, 0.1) is 22.6 Å². The van der Waals surface area contributed by atoms with E-state index < -0.39 is 6.09 Å². The number of aromatic nitrogens is 4. The number of hydrogen-bond donors (Lipinski definition) is 3. The maximum absolute atomic E-state index is 12.7. The number of fused-ring (bicyclic) bond motifs is 1. The molecule has 3 N–H and O–H groups in total. The molecule has 0 saturated carbocycles. The van der Waals surface area contributed by atoms with Gasteiger partial charge in [-0.25, -0.2) is 14.3 Å². The van der Waals surface area contributed by atoms with Gasteiger partial charge in [0, 0.05) is 37.6 Å². The molecular formula is C21H20N6O3. The molecule has 0 aliphatic rings. The number of aromatic amines is 1. The summed E-state index contributed by atoms with van der Waals surface area (Å²) in [5.74, 6) is 0.582. The second-order valence-electron chi connectivity index (χ2n) is 7.02. The van der Waals surface area contributed by atoms with Crippen LogP contribution in [0.3, 0.4) is 0 Å². The molecule has 0 spiro atoms. The van der Waals surface area contributed by atoms with Crippen molar-refractivity contribution in [3.63, 3.8) is 0 Å². The number of H-pyrrole nitrogens is 1. The van der Waals surface area contributed by atoms with Gasteiger partial charge in [0.15, 0.2) is 5.65 Å². The van der Waals surface area contributed by atoms with Gasteiger partial charge in [0.1, 0.15) is 5.82 Å². The third-order valence-electron chi connectivity index (χ3n) is 4.69. The van der Waals surface area contributed by atoms with Gasteiger partial charge in [-0.1, -0.05) is 6.07 Å². The van der Waals surface area contributed by atoms with E-state index in [0.29, 0.717) is 39.5 Å². The molecule has 9 nitrogen and oxygen atoms in total. The summed E-state index contributed by atoms with van der Waals surface area (Å²) in [6.45, 7) is 1.87. The molecule has 9 heteroatoms. The standard InChI is InChI=1S/C21H20N6O3/c1-12-5-4-6-15(23-12)14-11-17(19(26(2)3)25-20(14)28)24-16-7-9-22-18-13(16)8-10-27(18)21(29)30/h4-11H,1-3H3,(H,22,24)(H,25,28)(H,29,30). The monoisotopic (exact) mass is 404 g/mol. The number of anilines is 3. The second kappa shape index (κ2) is 7.36. The van der Waals surface area contributed by atoms with E-state index in [9.17, 15) is 14.7 Å². The maximum atomic E-state index is 12.7. The highest BCUT2D eigenvalue weighted by atomic mass is 16.4. The molecule has 0 aromatic carbocycles. The first-order valence-corrected chi connectivity index (χ1v) is 9.20.